The monoisotopic (exact) mass is 752 g/mol. The van der Waals surface area contributed by atoms with Crippen molar-refractivity contribution in [2.75, 3.05) is 4.90 Å². The summed E-state index contributed by atoms with van der Waals surface area (Å²) in [6, 6.07) is 76.4. The molecule has 0 amide bonds. The Hall–Kier alpha value is -7.42. The molecule has 278 valence electrons. The molecule has 12 rings (SSSR count). The summed E-state index contributed by atoms with van der Waals surface area (Å²) in [5.74, 6) is 0. The Bertz CT molecular complexity index is 3470. The highest BCUT2D eigenvalue weighted by molar-refractivity contribution is 6.14. The van der Waals surface area contributed by atoms with E-state index in [4.69, 9.17) is 0 Å². The molecule has 0 radical (unpaired) electrons. The standard InChI is InChI=1S/C57H40N2/c1-57(2)49-27-15-29-52(56(49)48-34-39-18-6-7-19-40(39)35-50(48)57)59(42-31-32-46-45-25-12-13-28-51(45)58(54(46)36-42)41-21-4-3-5-22-41)53-33-30-38-17-9-11-24-44(38)55(53)47-26-14-20-37-16-8-10-23-43(37)47/h3-36H,1-2H3. The Morgan fingerprint density at radius 1 is 0.373 bits per heavy atom. The van der Waals surface area contributed by atoms with Gasteiger partial charge >= 0.3 is 0 Å². The van der Waals surface area contributed by atoms with Gasteiger partial charge in [0.05, 0.1) is 22.4 Å². The summed E-state index contributed by atoms with van der Waals surface area (Å²) < 4.78 is 2.43. The van der Waals surface area contributed by atoms with Crippen LogP contribution in [0.5, 0.6) is 0 Å². The van der Waals surface area contributed by atoms with Gasteiger partial charge in [-0.1, -0.05) is 166 Å². The summed E-state index contributed by atoms with van der Waals surface area (Å²) in [6.07, 6.45) is 0. The predicted molar refractivity (Wildman–Crippen MR) is 251 cm³/mol. The maximum Gasteiger partial charge on any atom is 0.0561 e. The van der Waals surface area contributed by atoms with Crippen LogP contribution in [0.4, 0.5) is 17.1 Å². The van der Waals surface area contributed by atoms with Gasteiger partial charge in [0.25, 0.3) is 0 Å². The lowest BCUT2D eigenvalue weighted by Gasteiger charge is -2.31. The summed E-state index contributed by atoms with van der Waals surface area (Å²) in [7, 11) is 0. The molecule has 0 bridgehead atoms. The van der Waals surface area contributed by atoms with Crippen LogP contribution in [0.1, 0.15) is 25.0 Å². The first-order valence-corrected chi connectivity index (χ1v) is 20.6. The molecule has 0 spiro atoms. The van der Waals surface area contributed by atoms with E-state index in [1.165, 1.54) is 93.2 Å². The van der Waals surface area contributed by atoms with E-state index in [1.54, 1.807) is 0 Å². The quantitative estimate of drug-likeness (QED) is 0.170. The summed E-state index contributed by atoms with van der Waals surface area (Å²) in [5, 5.41) is 9.92. The van der Waals surface area contributed by atoms with Crippen LogP contribution >= 0.6 is 0 Å². The third kappa shape index (κ3) is 5.00. The molecule has 1 aliphatic rings. The Kier molecular flexibility index (Phi) is 7.31. The van der Waals surface area contributed by atoms with Crippen molar-refractivity contribution in [1.29, 1.82) is 0 Å². The van der Waals surface area contributed by atoms with Crippen LogP contribution in [0.25, 0.3) is 82.1 Å². The Labute approximate surface area is 343 Å². The molecule has 1 aliphatic carbocycles. The molecule has 0 fully saturated rings. The maximum atomic E-state index is 2.56. The van der Waals surface area contributed by atoms with Crippen molar-refractivity contribution >= 4 is 71.2 Å². The SMILES string of the molecule is CC1(C)c2cc3ccccc3cc2-c2c(N(c3ccc4c5ccccc5n(-c5ccccc5)c4c3)c3ccc4ccccc4c3-c3cccc4ccccc34)cccc21. The van der Waals surface area contributed by atoms with E-state index < -0.39 is 0 Å². The molecule has 0 unspecified atom stereocenters. The lowest BCUT2D eigenvalue weighted by atomic mass is 9.82. The molecule has 0 saturated heterocycles. The number of para-hydroxylation sites is 2. The molecule has 59 heavy (non-hydrogen) atoms. The second kappa shape index (κ2) is 12.8. The van der Waals surface area contributed by atoms with Crippen molar-refractivity contribution < 1.29 is 0 Å². The fourth-order valence-electron chi connectivity index (χ4n) is 10.2. The van der Waals surface area contributed by atoms with Crippen molar-refractivity contribution in [1.82, 2.24) is 4.57 Å². The zero-order chi connectivity index (χ0) is 39.2. The Balaban J connectivity index is 1.23. The smallest absolute Gasteiger partial charge is 0.0561 e. The van der Waals surface area contributed by atoms with E-state index in [2.05, 4.69) is 230 Å². The first-order chi connectivity index (χ1) is 29.0. The molecule has 0 aliphatic heterocycles. The molecule has 0 N–H and O–H groups in total. The van der Waals surface area contributed by atoms with Crippen molar-refractivity contribution in [2.24, 2.45) is 0 Å². The Morgan fingerprint density at radius 3 is 1.80 bits per heavy atom. The van der Waals surface area contributed by atoms with Gasteiger partial charge in [0.2, 0.25) is 0 Å². The minimum Gasteiger partial charge on any atom is -0.309 e. The molecular formula is C57H40N2. The molecule has 0 saturated carbocycles. The van der Waals surface area contributed by atoms with Gasteiger partial charge in [-0.3, -0.25) is 0 Å². The Morgan fingerprint density at radius 2 is 0.983 bits per heavy atom. The van der Waals surface area contributed by atoms with Gasteiger partial charge in [0.1, 0.15) is 0 Å². The lowest BCUT2D eigenvalue weighted by molar-refractivity contribution is 0.661. The van der Waals surface area contributed by atoms with Gasteiger partial charge in [-0.05, 0) is 109 Å². The van der Waals surface area contributed by atoms with Gasteiger partial charge in [-0.2, -0.15) is 0 Å². The molecule has 1 aromatic heterocycles. The van der Waals surface area contributed by atoms with E-state index in [9.17, 15) is 0 Å². The lowest BCUT2D eigenvalue weighted by Crippen LogP contribution is -2.16. The van der Waals surface area contributed by atoms with E-state index in [1.807, 2.05) is 0 Å². The third-order valence-electron chi connectivity index (χ3n) is 12.9. The van der Waals surface area contributed by atoms with Gasteiger partial charge in [0.15, 0.2) is 0 Å². The highest BCUT2D eigenvalue weighted by atomic mass is 15.2. The largest absolute Gasteiger partial charge is 0.309 e. The van der Waals surface area contributed by atoms with Crippen LogP contribution in [0.2, 0.25) is 0 Å². The van der Waals surface area contributed by atoms with E-state index in [0.717, 1.165) is 17.1 Å². The van der Waals surface area contributed by atoms with Crippen LogP contribution in [-0.4, -0.2) is 4.57 Å². The fourth-order valence-corrected chi connectivity index (χ4v) is 10.2. The molecular weight excluding hydrogens is 713 g/mol. The summed E-state index contributed by atoms with van der Waals surface area (Å²) in [6.45, 7) is 4.78. The molecule has 0 atom stereocenters. The number of anilines is 3. The van der Waals surface area contributed by atoms with Crippen LogP contribution in [-0.2, 0) is 5.41 Å². The van der Waals surface area contributed by atoms with E-state index in [-0.39, 0.29) is 5.41 Å². The number of hydrogen-bond donors (Lipinski definition) is 0. The molecule has 2 heteroatoms. The first kappa shape index (κ1) is 33.7. The molecule has 10 aromatic carbocycles. The van der Waals surface area contributed by atoms with E-state index in [0.29, 0.717) is 0 Å². The number of hydrogen-bond acceptors (Lipinski definition) is 1. The van der Waals surface area contributed by atoms with Crippen LogP contribution in [0.15, 0.2) is 206 Å². The minimum atomic E-state index is -0.193. The van der Waals surface area contributed by atoms with Gasteiger partial charge < -0.3 is 9.47 Å². The van der Waals surface area contributed by atoms with Crippen LogP contribution in [0, 0.1) is 0 Å². The first-order valence-electron chi connectivity index (χ1n) is 20.6. The second-order valence-electron chi connectivity index (χ2n) is 16.5. The highest BCUT2D eigenvalue weighted by Gasteiger charge is 2.38. The number of rotatable bonds is 5. The van der Waals surface area contributed by atoms with Crippen molar-refractivity contribution in [2.45, 2.75) is 19.3 Å². The number of nitrogens with zero attached hydrogens (tertiary/aromatic N) is 2. The van der Waals surface area contributed by atoms with Crippen molar-refractivity contribution in [3.05, 3.63) is 217 Å². The van der Waals surface area contributed by atoms with Crippen molar-refractivity contribution in [3.63, 3.8) is 0 Å². The van der Waals surface area contributed by atoms with Crippen molar-refractivity contribution in [3.8, 4) is 27.9 Å². The van der Waals surface area contributed by atoms with Crippen LogP contribution in [0.3, 0.4) is 0 Å². The van der Waals surface area contributed by atoms with E-state index >= 15 is 0 Å². The average molecular weight is 753 g/mol. The summed E-state index contributed by atoms with van der Waals surface area (Å²) in [5.41, 5.74) is 14.5. The molecule has 2 nitrogen and oxygen atoms in total. The number of fused-ring (bicyclic) bond motifs is 9. The zero-order valence-corrected chi connectivity index (χ0v) is 33.0. The van der Waals surface area contributed by atoms with Gasteiger partial charge in [-0.25, -0.2) is 0 Å². The van der Waals surface area contributed by atoms with Gasteiger partial charge in [0, 0.05) is 38.7 Å². The minimum absolute atomic E-state index is 0.193. The highest BCUT2D eigenvalue weighted by Crippen LogP contribution is 2.56. The fraction of sp³-hybridized carbons (Fsp3) is 0.0526. The molecule has 1 heterocycles. The number of aromatic nitrogens is 1. The predicted octanol–water partition coefficient (Wildman–Crippen LogP) is 15.7. The zero-order valence-electron chi connectivity index (χ0n) is 33.0. The second-order valence-corrected chi connectivity index (χ2v) is 16.5. The third-order valence-corrected chi connectivity index (χ3v) is 12.9. The summed E-state index contributed by atoms with van der Waals surface area (Å²) in [4.78, 5) is 2.56. The topological polar surface area (TPSA) is 8.17 Å². The normalized spacial score (nSPS) is 13.1. The van der Waals surface area contributed by atoms with Gasteiger partial charge in [-0.15, -0.1) is 0 Å². The number of benzene rings is 10. The molecule has 11 aromatic rings. The van der Waals surface area contributed by atoms with Crippen LogP contribution < -0.4 is 4.90 Å². The average Bonchev–Trinajstić information content (AvgIpc) is 3.73. The maximum absolute atomic E-state index is 2.56. The summed E-state index contributed by atoms with van der Waals surface area (Å²) >= 11 is 0.